The van der Waals surface area contributed by atoms with Crippen molar-refractivity contribution in [3.05, 3.63) is 12.2 Å². The summed E-state index contributed by atoms with van der Waals surface area (Å²) in [6.45, 7) is 11.6. The summed E-state index contributed by atoms with van der Waals surface area (Å²) in [6, 6.07) is 0. The van der Waals surface area contributed by atoms with Crippen LogP contribution in [-0.4, -0.2) is 24.3 Å². The van der Waals surface area contributed by atoms with E-state index in [1.165, 1.54) is 12.8 Å². The van der Waals surface area contributed by atoms with Crippen molar-refractivity contribution in [1.29, 1.82) is 0 Å². The second kappa shape index (κ2) is 5.17. The Balaban J connectivity index is 1.70. The Morgan fingerprint density at radius 1 is 1.08 bits per heavy atom. The highest BCUT2D eigenvalue weighted by Crippen LogP contribution is 2.61. The zero-order chi connectivity index (χ0) is 17.3. The third kappa shape index (κ3) is 2.27. The molecule has 4 aliphatic rings. The second-order valence-electron chi connectivity index (χ2n) is 9.83. The van der Waals surface area contributed by atoms with E-state index in [-0.39, 0.29) is 16.9 Å². The van der Waals surface area contributed by atoms with Crippen LogP contribution >= 0.6 is 0 Å². The van der Waals surface area contributed by atoms with Gasteiger partial charge in [0, 0.05) is 23.7 Å². The summed E-state index contributed by atoms with van der Waals surface area (Å²) in [5.74, 6) is 1.92. The average molecular weight is 332 g/mol. The van der Waals surface area contributed by atoms with Crippen LogP contribution < -0.4 is 0 Å². The zero-order valence-corrected chi connectivity index (χ0v) is 15.8. The van der Waals surface area contributed by atoms with Crippen molar-refractivity contribution < 1.29 is 14.3 Å². The van der Waals surface area contributed by atoms with Gasteiger partial charge in [0.2, 0.25) is 0 Å². The molecule has 0 bridgehead atoms. The minimum Gasteiger partial charge on any atom is -0.350 e. The van der Waals surface area contributed by atoms with Gasteiger partial charge in [0.25, 0.3) is 0 Å². The minimum absolute atomic E-state index is 0.216. The first-order valence-corrected chi connectivity index (χ1v) is 9.68. The highest BCUT2D eigenvalue weighted by atomic mass is 16.7. The molecule has 0 aromatic rings. The quantitative estimate of drug-likeness (QED) is 0.618. The number of hydrogen-bond donors (Lipinski definition) is 0. The first-order chi connectivity index (χ1) is 11.2. The number of allylic oxidation sites excluding steroid dienone is 1. The summed E-state index contributed by atoms with van der Waals surface area (Å²) >= 11 is 0. The van der Waals surface area contributed by atoms with Gasteiger partial charge in [-0.15, -0.1) is 0 Å². The molecule has 0 spiro atoms. The van der Waals surface area contributed by atoms with E-state index in [0.717, 1.165) is 19.4 Å². The molecular weight excluding hydrogens is 300 g/mol. The molecule has 0 amide bonds. The molecule has 3 aliphatic carbocycles. The average Bonchev–Trinajstić information content (AvgIpc) is 2.50. The normalized spacial score (nSPS) is 49.0. The van der Waals surface area contributed by atoms with Crippen LogP contribution in [0.3, 0.4) is 0 Å². The molecule has 0 aromatic heterocycles. The predicted molar refractivity (Wildman–Crippen MR) is 93.4 cm³/mol. The Morgan fingerprint density at radius 2 is 1.83 bits per heavy atom. The molecule has 1 saturated heterocycles. The molecule has 24 heavy (non-hydrogen) atoms. The van der Waals surface area contributed by atoms with Crippen molar-refractivity contribution in [2.75, 3.05) is 6.61 Å². The van der Waals surface area contributed by atoms with Crippen LogP contribution in [0.15, 0.2) is 12.2 Å². The molecule has 0 aromatic carbocycles. The number of ketones is 1. The number of carbonyl (C=O) groups is 1. The van der Waals surface area contributed by atoms with E-state index < -0.39 is 5.79 Å². The van der Waals surface area contributed by atoms with E-state index in [4.69, 9.17) is 9.47 Å². The van der Waals surface area contributed by atoms with E-state index in [2.05, 4.69) is 32.9 Å². The lowest BCUT2D eigenvalue weighted by atomic mass is 9.45. The number of hydrogen-bond acceptors (Lipinski definition) is 3. The van der Waals surface area contributed by atoms with Gasteiger partial charge in [0.15, 0.2) is 5.79 Å². The molecule has 1 aliphatic heterocycles. The predicted octanol–water partition coefficient (Wildman–Crippen LogP) is 4.36. The van der Waals surface area contributed by atoms with Gasteiger partial charge >= 0.3 is 0 Å². The topological polar surface area (TPSA) is 35.5 Å². The molecular formula is C21H32O3. The van der Waals surface area contributed by atoms with Crippen LogP contribution in [0, 0.1) is 34.5 Å². The Morgan fingerprint density at radius 3 is 2.58 bits per heavy atom. The number of ether oxygens (including phenoxy) is 2. The number of fused-ring (bicyclic) bond motifs is 5. The lowest BCUT2D eigenvalue weighted by Crippen LogP contribution is -2.59. The molecule has 4 rings (SSSR count). The molecule has 3 nitrogen and oxygen atoms in total. The molecule has 3 heteroatoms. The molecule has 6 atom stereocenters. The number of Topliss-reactive ketones (excluding diaryl/α,β-unsaturated/α-hetero) is 1. The third-order valence-corrected chi connectivity index (χ3v) is 7.69. The second-order valence-corrected chi connectivity index (χ2v) is 9.83. The summed E-state index contributed by atoms with van der Waals surface area (Å²) in [5.41, 5.74) is -0.0191. The highest BCUT2D eigenvalue weighted by Gasteiger charge is 2.59. The van der Waals surface area contributed by atoms with Gasteiger partial charge in [-0.2, -0.15) is 0 Å². The van der Waals surface area contributed by atoms with E-state index in [1.54, 1.807) is 0 Å². The van der Waals surface area contributed by atoms with Crippen LogP contribution in [0.5, 0.6) is 0 Å². The molecule has 0 radical (unpaired) electrons. The molecule has 0 unspecified atom stereocenters. The van der Waals surface area contributed by atoms with Gasteiger partial charge in [-0.3, -0.25) is 4.79 Å². The number of rotatable bonds is 0. The maximum absolute atomic E-state index is 12.5. The Kier molecular flexibility index (Phi) is 3.61. The van der Waals surface area contributed by atoms with E-state index in [1.807, 2.05) is 13.8 Å². The molecule has 2 saturated carbocycles. The summed E-state index contributed by atoms with van der Waals surface area (Å²) < 4.78 is 12.3. The van der Waals surface area contributed by atoms with Crippen LogP contribution in [0.1, 0.15) is 60.3 Å². The Labute approximate surface area is 146 Å². The standard InChI is InChI=1S/C21H32O3/c1-19(2)16-9-7-14-15(21(16,5)11-10-17(19)22)8-6-13-12-23-20(3,4)24-18(13)14/h7,9,13-16,18H,6,8,10-12H2,1-5H3/t13-,14-,15+,16-,18+,21-/m1/s1. The smallest absolute Gasteiger partial charge is 0.163 e. The fraction of sp³-hybridized carbons (Fsp3) is 0.857. The van der Waals surface area contributed by atoms with Crippen LogP contribution in [0.2, 0.25) is 0 Å². The minimum atomic E-state index is -0.476. The fourth-order valence-electron chi connectivity index (χ4n) is 6.30. The van der Waals surface area contributed by atoms with Crippen molar-refractivity contribution in [3.8, 4) is 0 Å². The van der Waals surface area contributed by atoms with Crippen molar-refractivity contribution in [1.82, 2.24) is 0 Å². The van der Waals surface area contributed by atoms with Crippen LogP contribution in [0.4, 0.5) is 0 Å². The number of carbonyl (C=O) groups excluding carboxylic acids is 1. The van der Waals surface area contributed by atoms with Crippen molar-refractivity contribution in [2.45, 2.75) is 72.2 Å². The summed E-state index contributed by atoms with van der Waals surface area (Å²) in [7, 11) is 0. The van der Waals surface area contributed by atoms with Gasteiger partial charge in [-0.25, -0.2) is 0 Å². The first-order valence-electron chi connectivity index (χ1n) is 9.68. The monoisotopic (exact) mass is 332 g/mol. The fourth-order valence-corrected chi connectivity index (χ4v) is 6.30. The van der Waals surface area contributed by atoms with Gasteiger partial charge in [-0.05, 0) is 50.4 Å². The van der Waals surface area contributed by atoms with Crippen molar-refractivity contribution in [3.63, 3.8) is 0 Å². The molecule has 1 heterocycles. The Hall–Kier alpha value is -0.670. The summed E-state index contributed by atoms with van der Waals surface area (Å²) in [4.78, 5) is 12.5. The highest BCUT2D eigenvalue weighted by molar-refractivity contribution is 5.85. The third-order valence-electron chi connectivity index (χ3n) is 7.69. The lowest BCUT2D eigenvalue weighted by Gasteiger charge is -2.60. The van der Waals surface area contributed by atoms with Crippen molar-refractivity contribution >= 4 is 5.78 Å². The van der Waals surface area contributed by atoms with Crippen LogP contribution in [0.25, 0.3) is 0 Å². The lowest BCUT2D eigenvalue weighted by molar-refractivity contribution is -0.313. The van der Waals surface area contributed by atoms with Crippen LogP contribution in [-0.2, 0) is 14.3 Å². The van der Waals surface area contributed by atoms with Crippen molar-refractivity contribution in [2.24, 2.45) is 34.5 Å². The van der Waals surface area contributed by atoms with E-state index >= 15 is 0 Å². The summed E-state index contributed by atoms with van der Waals surface area (Å²) in [6.07, 6.45) is 9.22. The summed E-state index contributed by atoms with van der Waals surface area (Å²) in [5, 5.41) is 0. The van der Waals surface area contributed by atoms with Gasteiger partial charge in [0.1, 0.15) is 5.78 Å². The molecule has 134 valence electrons. The van der Waals surface area contributed by atoms with Gasteiger partial charge in [-0.1, -0.05) is 32.9 Å². The maximum atomic E-state index is 12.5. The molecule has 0 N–H and O–H groups in total. The van der Waals surface area contributed by atoms with Gasteiger partial charge in [0.05, 0.1) is 12.7 Å². The van der Waals surface area contributed by atoms with E-state index in [0.29, 0.717) is 29.5 Å². The largest absolute Gasteiger partial charge is 0.350 e. The first kappa shape index (κ1) is 16.8. The molecule has 3 fully saturated rings. The SMILES string of the molecule is CC1(C)OC[C@H]2CC[C@H]3[C@@H](C=C[C@@H]4C(C)(C)C(=O)CC[C@@]43C)[C@H]2O1. The van der Waals surface area contributed by atoms with E-state index in [9.17, 15) is 4.79 Å². The zero-order valence-electron chi connectivity index (χ0n) is 15.8. The Bertz CT molecular complexity index is 576. The van der Waals surface area contributed by atoms with Gasteiger partial charge < -0.3 is 9.47 Å². The maximum Gasteiger partial charge on any atom is 0.163 e.